The number of aliphatic hydroxyl groups is 1. The van der Waals surface area contributed by atoms with Crippen LogP contribution in [0.4, 0.5) is 0 Å². The van der Waals surface area contributed by atoms with Crippen molar-refractivity contribution in [3.8, 4) is 11.8 Å². The Morgan fingerprint density at radius 3 is 2.70 bits per heavy atom. The number of hydrogen-bond donors (Lipinski definition) is 2. The van der Waals surface area contributed by atoms with E-state index in [0.29, 0.717) is 23.9 Å². The highest BCUT2D eigenvalue weighted by Gasteiger charge is 2.41. The Labute approximate surface area is 138 Å². The molecule has 0 amide bonds. The molecule has 124 valence electrons. The van der Waals surface area contributed by atoms with Crippen molar-refractivity contribution in [2.75, 3.05) is 13.2 Å². The van der Waals surface area contributed by atoms with Crippen LogP contribution in [-0.2, 0) is 0 Å². The molecule has 2 aliphatic rings. The molecular formula is C19H26N2O2. The van der Waals surface area contributed by atoms with Gasteiger partial charge in [-0.15, -0.1) is 0 Å². The van der Waals surface area contributed by atoms with Crippen molar-refractivity contribution in [1.29, 1.82) is 5.26 Å². The van der Waals surface area contributed by atoms with Gasteiger partial charge in [0.2, 0.25) is 0 Å². The summed E-state index contributed by atoms with van der Waals surface area (Å²) in [6.45, 7) is 3.08. The van der Waals surface area contributed by atoms with Crippen LogP contribution in [0.25, 0.3) is 0 Å². The molecule has 1 aromatic rings. The highest BCUT2D eigenvalue weighted by Crippen LogP contribution is 2.49. The molecule has 2 saturated carbocycles. The van der Waals surface area contributed by atoms with E-state index in [4.69, 9.17) is 10.00 Å². The second-order valence-corrected chi connectivity index (χ2v) is 7.14. The van der Waals surface area contributed by atoms with Crippen LogP contribution >= 0.6 is 0 Å². The Kier molecular flexibility index (Phi) is 5.20. The molecule has 4 heteroatoms. The van der Waals surface area contributed by atoms with Crippen LogP contribution in [0.3, 0.4) is 0 Å². The molecule has 0 aliphatic heterocycles. The fraction of sp³-hybridized carbons (Fsp3) is 0.632. The van der Waals surface area contributed by atoms with E-state index < -0.39 is 6.10 Å². The van der Waals surface area contributed by atoms with Crippen molar-refractivity contribution in [2.45, 2.75) is 44.8 Å². The molecule has 2 bridgehead atoms. The topological polar surface area (TPSA) is 65.3 Å². The SMILES string of the molecule is C[C@H](NC[C@@H](O)COc1ccc(C#N)cc1)[C@H]1C[C@H]2CC[C@H]1C2. The van der Waals surface area contributed by atoms with E-state index in [1.807, 2.05) is 0 Å². The Morgan fingerprint density at radius 1 is 1.30 bits per heavy atom. The smallest absolute Gasteiger partial charge is 0.119 e. The van der Waals surface area contributed by atoms with Gasteiger partial charge in [0.05, 0.1) is 11.6 Å². The summed E-state index contributed by atoms with van der Waals surface area (Å²) in [7, 11) is 0. The predicted molar refractivity (Wildman–Crippen MR) is 89.1 cm³/mol. The van der Waals surface area contributed by atoms with E-state index in [0.717, 1.165) is 17.8 Å². The molecule has 0 heterocycles. The Hall–Kier alpha value is -1.57. The summed E-state index contributed by atoms with van der Waals surface area (Å²) in [6.07, 6.45) is 5.07. The summed E-state index contributed by atoms with van der Waals surface area (Å²) in [5.74, 6) is 3.32. The van der Waals surface area contributed by atoms with Gasteiger partial charge in [0, 0.05) is 12.6 Å². The van der Waals surface area contributed by atoms with Crippen LogP contribution in [0.15, 0.2) is 24.3 Å². The molecule has 1 aromatic carbocycles. The highest BCUT2D eigenvalue weighted by molar-refractivity contribution is 5.34. The van der Waals surface area contributed by atoms with Crippen LogP contribution < -0.4 is 10.1 Å². The number of nitriles is 1. The molecule has 2 aliphatic carbocycles. The predicted octanol–water partition coefficient (Wildman–Crippen LogP) is 2.71. The molecular weight excluding hydrogens is 288 g/mol. The van der Waals surface area contributed by atoms with Crippen LogP contribution in [0.2, 0.25) is 0 Å². The third kappa shape index (κ3) is 4.04. The van der Waals surface area contributed by atoms with E-state index in [1.165, 1.54) is 25.7 Å². The van der Waals surface area contributed by atoms with Gasteiger partial charge in [0.25, 0.3) is 0 Å². The maximum atomic E-state index is 10.1. The lowest BCUT2D eigenvalue weighted by atomic mass is 9.84. The van der Waals surface area contributed by atoms with E-state index in [2.05, 4.69) is 18.3 Å². The minimum absolute atomic E-state index is 0.266. The number of hydrogen-bond acceptors (Lipinski definition) is 4. The van der Waals surface area contributed by atoms with Crippen LogP contribution in [-0.4, -0.2) is 30.4 Å². The number of rotatable bonds is 7. The highest BCUT2D eigenvalue weighted by atomic mass is 16.5. The van der Waals surface area contributed by atoms with Gasteiger partial charge in [-0.05, 0) is 68.2 Å². The fourth-order valence-electron chi connectivity index (χ4n) is 4.26. The standard InChI is InChI=1S/C19H26N2O2/c1-13(19-9-15-2-5-16(19)8-15)21-11-17(22)12-23-18-6-3-14(10-20)4-7-18/h3-4,6-7,13,15-17,19,21-22H,2,5,8-9,11-12H2,1H3/t13-,15-,16-,17+,19+/m0/s1. The van der Waals surface area contributed by atoms with Gasteiger partial charge in [-0.3, -0.25) is 0 Å². The van der Waals surface area contributed by atoms with Crippen molar-refractivity contribution >= 4 is 0 Å². The first-order chi connectivity index (χ1) is 11.2. The monoisotopic (exact) mass is 314 g/mol. The van der Waals surface area contributed by atoms with Gasteiger partial charge in [0.1, 0.15) is 18.5 Å². The second-order valence-electron chi connectivity index (χ2n) is 7.14. The maximum Gasteiger partial charge on any atom is 0.119 e. The van der Waals surface area contributed by atoms with Crippen molar-refractivity contribution in [3.63, 3.8) is 0 Å². The zero-order valence-electron chi connectivity index (χ0n) is 13.7. The second kappa shape index (κ2) is 7.33. The number of ether oxygens (including phenoxy) is 1. The van der Waals surface area contributed by atoms with Crippen LogP contribution in [0.5, 0.6) is 5.75 Å². The zero-order valence-corrected chi connectivity index (χ0v) is 13.7. The van der Waals surface area contributed by atoms with Gasteiger partial charge < -0.3 is 15.2 Å². The fourth-order valence-corrected chi connectivity index (χ4v) is 4.26. The molecule has 0 radical (unpaired) electrons. The minimum Gasteiger partial charge on any atom is -0.491 e. The Morgan fingerprint density at radius 2 is 2.09 bits per heavy atom. The first kappa shape index (κ1) is 16.3. The molecule has 2 N–H and O–H groups in total. The lowest BCUT2D eigenvalue weighted by Crippen LogP contribution is -2.41. The molecule has 0 saturated heterocycles. The average Bonchev–Trinajstić information content (AvgIpc) is 3.21. The Balaban J connectivity index is 1.37. The van der Waals surface area contributed by atoms with Crippen molar-refractivity contribution < 1.29 is 9.84 Å². The molecule has 3 rings (SSSR count). The number of benzene rings is 1. The summed E-state index contributed by atoms with van der Waals surface area (Å²) in [5, 5.41) is 22.3. The normalized spacial score (nSPS) is 28.3. The van der Waals surface area contributed by atoms with Crippen molar-refractivity contribution in [1.82, 2.24) is 5.32 Å². The number of nitrogens with zero attached hydrogens (tertiary/aromatic N) is 1. The molecule has 23 heavy (non-hydrogen) atoms. The summed E-state index contributed by atoms with van der Waals surface area (Å²) >= 11 is 0. The first-order valence-electron chi connectivity index (χ1n) is 8.70. The van der Waals surface area contributed by atoms with Gasteiger partial charge in [-0.2, -0.15) is 5.26 Å². The lowest BCUT2D eigenvalue weighted by molar-refractivity contribution is 0.0993. The van der Waals surface area contributed by atoms with E-state index in [9.17, 15) is 5.11 Å². The van der Waals surface area contributed by atoms with E-state index in [-0.39, 0.29) is 6.61 Å². The van der Waals surface area contributed by atoms with Crippen molar-refractivity contribution in [3.05, 3.63) is 29.8 Å². The van der Waals surface area contributed by atoms with Gasteiger partial charge in [-0.1, -0.05) is 6.42 Å². The first-order valence-corrected chi connectivity index (χ1v) is 8.70. The zero-order chi connectivity index (χ0) is 16.2. The average molecular weight is 314 g/mol. The summed E-state index contributed by atoms with van der Waals surface area (Å²) in [4.78, 5) is 0. The third-order valence-electron chi connectivity index (χ3n) is 5.54. The van der Waals surface area contributed by atoms with Crippen molar-refractivity contribution in [2.24, 2.45) is 17.8 Å². The van der Waals surface area contributed by atoms with Crippen LogP contribution in [0.1, 0.15) is 38.2 Å². The molecule has 0 aromatic heterocycles. The lowest BCUT2D eigenvalue weighted by Gasteiger charge is -2.29. The van der Waals surface area contributed by atoms with Gasteiger partial charge in [0.15, 0.2) is 0 Å². The maximum absolute atomic E-state index is 10.1. The summed E-state index contributed by atoms with van der Waals surface area (Å²) in [6, 6.07) is 9.50. The molecule has 4 nitrogen and oxygen atoms in total. The number of nitrogens with one attached hydrogen (secondary N) is 1. The quantitative estimate of drug-likeness (QED) is 0.812. The molecule has 2 fully saturated rings. The largest absolute Gasteiger partial charge is 0.491 e. The number of fused-ring (bicyclic) bond motifs is 2. The molecule has 5 atom stereocenters. The minimum atomic E-state index is -0.522. The van der Waals surface area contributed by atoms with Gasteiger partial charge >= 0.3 is 0 Å². The molecule has 0 spiro atoms. The third-order valence-corrected chi connectivity index (χ3v) is 5.54. The summed E-state index contributed by atoms with van der Waals surface area (Å²) < 4.78 is 5.57. The summed E-state index contributed by atoms with van der Waals surface area (Å²) in [5.41, 5.74) is 0.610. The molecule has 0 unspecified atom stereocenters. The van der Waals surface area contributed by atoms with Crippen LogP contribution in [0, 0.1) is 29.1 Å². The number of aliphatic hydroxyl groups excluding tert-OH is 1. The van der Waals surface area contributed by atoms with E-state index >= 15 is 0 Å². The Bertz CT molecular complexity index is 551. The van der Waals surface area contributed by atoms with Gasteiger partial charge in [-0.25, -0.2) is 0 Å². The van der Waals surface area contributed by atoms with E-state index in [1.54, 1.807) is 24.3 Å².